The molecule has 0 amide bonds. The Kier molecular flexibility index (Phi) is 6.05. The largest absolute Gasteiger partial charge is 0.388 e. The SMILES string of the molecule is CCC(=O)[C@@H](C)[C@@H](O)/C(C)=C\[C@H](C)S(C)(=O)=O. The summed E-state index contributed by atoms with van der Waals surface area (Å²) in [4.78, 5) is 11.4. The van der Waals surface area contributed by atoms with Crippen LogP contribution >= 0.6 is 0 Å². The summed E-state index contributed by atoms with van der Waals surface area (Å²) < 4.78 is 22.5. The summed E-state index contributed by atoms with van der Waals surface area (Å²) >= 11 is 0. The Morgan fingerprint density at radius 2 is 1.82 bits per heavy atom. The number of rotatable bonds is 6. The van der Waals surface area contributed by atoms with Gasteiger partial charge in [-0.2, -0.15) is 0 Å². The predicted molar refractivity (Wildman–Crippen MR) is 68.5 cm³/mol. The summed E-state index contributed by atoms with van der Waals surface area (Å²) in [7, 11) is -3.16. The second kappa shape index (κ2) is 6.31. The summed E-state index contributed by atoms with van der Waals surface area (Å²) in [6, 6.07) is 0. The average Bonchev–Trinajstić information content (AvgIpc) is 2.24. The molecule has 0 saturated carbocycles. The van der Waals surface area contributed by atoms with Crippen LogP contribution in [0.5, 0.6) is 0 Å². The lowest BCUT2D eigenvalue weighted by Crippen LogP contribution is -2.27. The maximum atomic E-state index is 11.4. The molecular formula is C12H22O4S. The van der Waals surface area contributed by atoms with Crippen molar-refractivity contribution in [3.8, 4) is 0 Å². The van der Waals surface area contributed by atoms with Crippen LogP contribution in [0.1, 0.15) is 34.1 Å². The fraction of sp³-hybridized carbons (Fsp3) is 0.750. The van der Waals surface area contributed by atoms with Crippen LogP contribution in [-0.4, -0.2) is 36.9 Å². The van der Waals surface area contributed by atoms with Gasteiger partial charge in [0.1, 0.15) is 5.78 Å². The van der Waals surface area contributed by atoms with Gasteiger partial charge in [-0.3, -0.25) is 4.79 Å². The van der Waals surface area contributed by atoms with Crippen LogP contribution in [0.25, 0.3) is 0 Å². The van der Waals surface area contributed by atoms with E-state index in [1.807, 2.05) is 0 Å². The molecule has 0 aliphatic carbocycles. The lowest BCUT2D eigenvalue weighted by molar-refractivity contribution is -0.124. The van der Waals surface area contributed by atoms with E-state index in [1.165, 1.54) is 6.08 Å². The molecule has 0 spiro atoms. The predicted octanol–water partition coefficient (Wildman–Crippen LogP) is 1.34. The molecule has 0 heterocycles. The lowest BCUT2D eigenvalue weighted by Gasteiger charge is -2.19. The van der Waals surface area contributed by atoms with Crippen LogP contribution in [0.15, 0.2) is 11.6 Å². The highest BCUT2D eigenvalue weighted by molar-refractivity contribution is 7.91. The van der Waals surface area contributed by atoms with E-state index in [1.54, 1.807) is 27.7 Å². The number of aliphatic hydroxyl groups is 1. The highest BCUT2D eigenvalue weighted by Crippen LogP contribution is 2.16. The Morgan fingerprint density at radius 1 is 1.35 bits per heavy atom. The smallest absolute Gasteiger partial charge is 0.153 e. The third kappa shape index (κ3) is 5.00. The zero-order chi connectivity index (χ0) is 13.8. The van der Waals surface area contributed by atoms with E-state index in [-0.39, 0.29) is 5.78 Å². The topological polar surface area (TPSA) is 71.4 Å². The van der Waals surface area contributed by atoms with Crippen LogP contribution < -0.4 is 0 Å². The molecule has 100 valence electrons. The molecule has 17 heavy (non-hydrogen) atoms. The number of ketones is 1. The zero-order valence-electron chi connectivity index (χ0n) is 11.1. The molecule has 0 fully saturated rings. The first-order chi connectivity index (χ1) is 7.61. The molecule has 1 N–H and O–H groups in total. The lowest BCUT2D eigenvalue weighted by atomic mass is 9.93. The molecule has 0 aliphatic rings. The van der Waals surface area contributed by atoms with Gasteiger partial charge in [0.05, 0.1) is 11.4 Å². The normalized spacial score (nSPS) is 18.6. The highest BCUT2D eigenvalue weighted by atomic mass is 32.2. The van der Waals surface area contributed by atoms with Gasteiger partial charge in [-0.25, -0.2) is 8.42 Å². The van der Waals surface area contributed by atoms with Crippen LogP contribution in [-0.2, 0) is 14.6 Å². The molecular weight excluding hydrogens is 240 g/mol. The third-order valence-corrected chi connectivity index (χ3v) is 4.46. The number of sulfone groups is 1. The van der Waals surface area contributed by atoms with Gasteiger partial charge in [0.25, 0.3) is 0 Å². The van der Waals surface area contributed by atoms with Crippen molar-refractivity contribution >= 4 is 15.6 Å². The number of aliphatic hydroxyl groups excluding tert-OH is 1. The van der Waals surface area contributed by atoms with E-state index in [0.717, 1.165) is 6.26 Å². The molecule has 0 aliphatic heterocycles. The van der Waals surface area contributed by atoms with Gasteiger partial charge in [-0.05, 0) is 19.4 Å². The van der Waals surface area contributed by atoms with E-state index in [2.05, 4.69) is 0 Å². The van der Waals surface area contributed by atoms with Gasteiger partial charge >= 0.3 is 0 Å². The summed E-state index contributed by atoms with van der Waals surface area (Å²) in [5.41, 5.74) is 0.525. The van der Waals surface area contributed by atoms with Gasteiger partial charge in [0, 0.05) is 18.6 Å². The minimum Gasteiger partial charge on any atom is -0.388 e. The second-order valence-corrected chi connectivity index (χ2v) is 6.90. The Bertz CT molecular complexity index is 395. The summed E-state index contributed by atoms with van der Waals surface area (Å²) in [5.74, 6) is -0.528. The first-order valence-corrected chi connectivity index (χ1v) is 7.64. The maximum absolute atomic E-state index is 11.4. The standard InChI is InChI=1S/C12H22O4S/c1-6-11(13)10(4)12(14)8(2)7-9(3)17(5,15)16/h7,9-10,12,14H,6H2,1-5H3/b8-7-/t9-,10+,12-/m0/s1. The van der Waals surface area contributed by atoms with Gasteiger partial charge in [-0.1, -0.05) is 19.9 Å². The number of Topliss-reactive ketones (excluding diaryl/α,β-unsaturated/α-hetero) is 1. The van der Waals surface area contributed by atoms with Gasteiger partial charge < -0.3 is 5.11 Å². The van der Waals surface area contributed by atoms with E-state index in [4.69, 9.17) is 0 Å². The third-order valence-electron chi connectivity index (χ3n) is 2.97. The molecule has 4 nitrogen and oxygen atoms in total. The van der Waals surface area contributed by atoms with Crippen molar-refractivity contribution in [3.05, 3.63) is 11.6 Å². The number of hydrogen-bond donors (Lipinski definition) is 1. The Balaban J connectivity index is 4.88. The van der Waals surface area contributed by atoms with Crippen LogP contribution in [0, 0.1) is 5.92 Å². The molecule has 0 aromatic rings. The van der Waals surface area contributed by atoms with Crippen molar-refractivity contribution in [2.24, 2.45) is 5.92 Å². The Labute approximate surface area is 104 Å². The van der Waals surface area contributed by atoms with Gasteiger partial charge in [0.15, 0.2) is 9.84 Å². The van der Waals surface area contributed by atoms with Crippen molar-refractivity contribution in [2.75, 3.05) is 6.26 Å². The molecule has 3 atom stereocenters. The fourth-order valence-corrected chi connectivity index (χ4v) is 1.95. The molecule has 0 aromatic carbocycles. The maximum Gasteiger partial charge on any atom is 0.153 e. The van der Waals surface area contributed by atoms with Crippen LogP contribution in [0.3, 0.4) is 0 Å². The Hall–Kier alpha value is -0.680. The van der Waals surface area contributed by atoms with Crippen molar-refractivity contribution in [1.82, 2.24) is 0 Å². The summed E-state index contributed by atoms with van der Waals surface area (Å²) in [6.45, 7) is 6.59. The first-order valence-electron chi connectivity index (χ1n) is 5.69. The van der Waals surface area contributed by atoms with Gasteiger partial charge in [-0.15, -0.1) is 0 Å². The second-order valence-electron chi connectivity index (χ2n) is 4.50. The quantitative estimate of drug-likeness (QED) is 0.733. The fourth-order valence-electron chi connectivity index (χ4n) is 1.48. The summed E-state index contributed by atoms with van der Waals surface area (Å²) in [5, 5.41) is 9.27. The first kappa shape index (κ1) is 16.3. The molecule has 5 heteroatoms. The summed E-state index contributed by atoms with van der Waals surface area (Å²) in [6.07, 6.45) is 2.10. The number of hydrogen-bond acceptors (Lipinski definition) is 4. The average molecular weight is 262 g/mol. The highest BCUT2D eigenvalue weighted by Gasteiger charge is 2.23. The molecule has 0 rings (SSSR count). The monoisotopic (exact) mass is 262 g/mol. The van der Waals surface area contributed by atoms with E-state index >= 15 is 0 Å². The van der Waals surface area contributed by atoms with Crippen molar-refractivity contribution in [2.45, 2.75) is 45.5 Å². The van der Waals surface area contributed by atoms with E-state index in [0.29, 0.717) is 12.0 Å². The molecule has 0 unspecified atom stereocenters. The van der Waals surface area contributed by atoms with E-state index in [9.17, 15) is 18.3 Å². The molecule has 0 saturated heterocycles. The van der Waals surface area contributed by atoms with Crippen molar-refractivity contribution in [1.29, 1.82) is 0 Å². The number of carbonyl (C=O) groups excluding carboxylic acids is 1. The number of carbonyl (C=O) groups is 1. The minimum absolute atomic E-state index is 0.0303. The van der Waals surface area contributed by atoms with E-state index < -0.39 is 27.1 Å². The van der Waals surface area contributed by atoms with Crippen LogP contribution in [0.2, 0.25) is 0 Å². The molecule has 0 bridgehead atoms. The molecule has 0 radical (unpaired) electrons. The zero-order valence-corrected chi connectivity index (χ0v) is 11.9. The minimum atomic E-state index is -3.16. The molecule has 0 aromatic heterocycles. The van der Waals surface area contributed by atoms with Gasteiger partial charge in [0.2, 0.25) is 0 Å². The van der Waals surface area contributed by atoms with Crippen molar-refractivity contribution in [3.63, 3.8) is 0 Å². The van der Waals surface area contributed by atoms with Crippen molar-refractivity contribution < 1.29 is 18.3 Å². The Morgan fingerprint density at radius 3 is 2.18 bits per heavy atom. The van der Waals surface area contributed by atoms with Crippen LogP contribution in [0.4, 0.5) is 0 Å².